The number of rotatable bonds is 2. The Kier molecular flexibility index (Phi) is 2.19. The van der Waals surface area contributed by atoms with Crippen LogP contribution in [-0.4, -0.2) is 0 Å². The molecule has 0 radical (unpaired) electrons. The largest absolute Gasteiger partial charge is 0.136 e. The molecule has 1 aliphatic carbocycles. The fourth-order valence-corrected chi connectivity index (χ4v) is 2.75. The summed E-state index contributed by atoms with van der Waals surface area (Å²) in [5.41, 5.74) is 2.83. The maximum absolute atomic E-state index is 3.84. The van der Waals surface area contributed by atoms with Gasteiger partial charge in [-0.1, -0.05) is 30.9 Å². The monoisotopic (exact) mass is 188 g/mol. The van der Waals surface area contributed by atoms with Crippen LogP contribution in [0.15, 0.2) is 18.7 Å². The third-order valence-electron chi connectivity index (χ3n) is 2.22. The lowest BCUT2D eigenvalue weighted by Crippen LogP contribution is -1.80. The molecular weight excluding hydrogens is 176 g/mol. The van der Waals surface area contributed by atoms with E-state index in [0.717, 1.165) is 6.42 Å². The van der Waals surface area contributed by atoms with Crippen LogP contribution < -0.4 is 0 Å². The van der Waals surface area contributed by atoms with Crippen LogP contribution in [0.1, 0.15) is 27.8 Å². The van der Waals surface area contributed by atoms with E-state index in [4.69, 9.17) is 0 Å². The highest BCUT2D eigenvalue weighted by molar-refractivity contribution is 7.14. The Bertz CT molecular complexity index is 392. The second-order valence-electron chi connectivity index (χ2n) is 3.03. The van der Waals surface area contributed by atoms with Crippen molar-refractivity contribution in [3.63, 3.8) is 0 Å². The van der Waals surface area contributed by atoms with Gasteiger partial charge in [-0.3, -0.25) is 0 Å². The van der Waals surface area contributed by atoms with Crippen molar-refractivity contribution in [3.8, 4) is 0 Å². The van der Waals surface area contributed by atoms with Gasteiger partial charge < -0.3 is 0 Å². The molecule has 1 aromatic rings. The summed E-state index contributed by atoms with van der Waals surface area (Å²) in [6, 6.07) is 0. The molecule has 0 fully saturated rings. The Morgan fingerprint density at radius 2 is 2.38 bits per heavy atom. The van der Waals surface area contributed by atoms with E-state index in [-0.39, 0.29) is 0 Å². The Labute approximate surface area is 82.9 Å². The zero-order valence-electron chi connectivity index (χ0n) is 7.71. The third kappa shape index (κ3) is 1.29. The molecule has 0 nitrogen and oxygen atoms in total. The van der Waals surface area contributed by atoms with Crippen molar-refractivity contribution in [2.45, 2.75) is 13.3 Å². The second-order valence-corrected chi connectivity index (χ2v) is 4.12. The number of thiophene rings is 1. The zero-order chi connectivity index (χ0) is 9.26. The van der Waals surface area contributed by atoms with Gasteiger partial charge in [0, 0.05) is 9.75 Å². The van der Waals surface area contributed by atoms with Crippen molar-refractivity contribution in [2.24, 2.45) is 0 Å². The van der Waals surface area contributed by atoms with E-state index in [0.29, 0.717) is 0 Å². The number of hydrogen-bond acceptors (Lipinski definition) is 1. The lowest BCUT2D eigenvalue weighted by atomic mass is 10.1. The Morgan fingerprint density at radius 1 is 1.54 bits per heavy atom. The number of hydrogen-bond donors (Lipinski definition) is 0. The Morgan fingerprint density at radius 3 is 3.08 bits per heavy atom. The molecule has 0 unspecified atom stereocenters. The molecule has 1 aromatic heterocycles. The highest BCUT2D eigenvalue weighted by Gasteiger charge is 2.14. The van der Waals surface area contributed by atoms with Gasteiger partial charge in [-0.2, -0.15) is 0 Å². The van der Waals surface area contributed by atoms with Gasteiger partial charge in [0.1, 0.15) is 0 Å². The first-order chi connectivity index (χ1) is 6.36. The highest BCUT2D eigenvalue weighted by atomic mass is 32.1. The van der Waals surface area contributed by atoms with Crippen LogP contribution in [0.3, 0.4) is 0 Å². The van der Waals surface area contributed by atoms with Gasteiger partial charge in [0.25, 0.3) is 0 Å². The molecule has 0 amide bonds. The quantitative estimate of drug-likeness (QED) is 0.658. The van der Waals surface area contributed by atoms with E-state index in [1.54, 1.807) is 0 Å². The van der Waals surface area contributed by atoms with Gasteiger partial charge in [0.05, 0.1) is 0 Å². The second kappa shape index (κ2) is 3.35. The van der Waals surface area contributed by atoms with Crippen molar-refractivity contribution in [2.75, 3.05) is 0 Å². The molecule has 2 rings (SSSR count). The summed E-state index contributed by atoms with van der Waals surface area (Å²) in [5, 5.41) is 0. The lowest BCUT2D eigenvalue weighted by Gasteiger charge is -1.95. The minimum atomic E-state index is 1.08. The normalized spacial score (nSPS) is 13.9. The first-order valence-corrected chi connectivity index (χ1v) is 5.25. The summed E-state index contributed by atoms with van der Waals surface area (Å²) in [7, 11) is 0. The van der Waals surface area contributed by atoms with Gasteiger partial charge in [-0.15, -0.1) is 11.3 Å². The average molecular weight is 188 g/mol. The molecule has 0 bridgehead atoms. The molecule has 66 valence electrons. The van der Waals surface area contributed by atoms with Crippen LogP contribution in [-0.2, 0) is 6.42 Å². The molecular formula is C12H12S. The van der Waals surface area contributed by atoms with Gasteiger partial charge in [0.2, 0.25) is 0 Å². The fourth-order valence-electron chi connectivity index (χ4n) is 1.65. The van der Waals surface area contributed by atoms with E-state index in [1.165, 1.54) is 20.9 Å². The topological polar surface area (TPSA) is 0 Å². The summed E-state index contributed by atoms with van der Waals surface area (Å²) < 4.78 is 0. The Hall–Kier alpha value is -1.08. The van der Waals surface area contributed by atoms with E-state index in [9.17, 15) is 0 Å². The predicted octanol–water partition coefficient (Wildman–Crippen LogP) is 3.99. The summed E-state index contributed by atoms with van der Waals surface area (Å²) in [5.74, 6) is 0. The smallest absolute Gasteiger partial charge is 0.0346 e. The average Bonchev–Trinajstić information content (AvgIpc) is 2.67. The minimum absolute atomic E-state index is 1.08. The minimum Gasteiger partial charge on any atom is -0.136 e. The predicted molar refractivity (Wildman–Crippen MR) is 61.9 cm³/mol. The zero-order valence-corrected chi connectivity index (χ0v) is 8.53. The van der Waals surface area contributed by atoms with E-state index in [1.807, 2.05) is 17.4 Å². The molecule has 0 saturated carbocycles. The summed E-state index contributed by atoms with van der Waals surface area (Å²) >= 11 is 1.83. The standard InChI is InChI=1S/C12H12S/c1-3-6-9-10-7-5-8-12(10)13-11(9)4-2/h3-6,8H,2,7H2,1H3/b6-3-. The molecule has 1 heteroatoms. The first-order valence-electron chi connectivity index (χ1n) is 4.44. The molecule has 0 spiro atoms. The molecule has 13 heavy (non-hydrogen) atoms. The van der Waals surface area contributed by atoms with E-state index >= 15 is 0 Å². The SMILES string of the molecule is C=Cc1sc2c(c1/C=C\C)CC=C2. The van der Waals surface area contributed by atoms with Crippen molar-refractivity contribution in [1.29, 1.82) is 0 Å². The summed E-state index contributed by atoms with van der Waals surface area (Å²) in [4.78, 5) is 2.70. The number of allylic oxidation sites excluding steroid dienone is 2. The molecule has 0 atom stereocenters. The summed E-state index contributed by atoms with van der Waals surface area (Å²) in [6.45, 7) is 5.89. The maximum Gasteiger partial charge on any atom is 0.0346 e. The van der Waals surface area contributed by atoms with Crippen LogP contribution in [0.25, 0.3) is 18.2 Å². The van der Waals surface area contributed by atoms with Crippen molar-refractivity contribution >= 4 is 29.6 Å². The van der Waals surface area contributed by atoms with Crippen molar-refractivity contribution < 1.29 is 0 Å². The van der Waals surface area contributed by atoms with Crippen LogP contribution in [0, 0.1) is 0 Å². The molecule has 1 heterocycles. The fraction of sp³-hybridized carbons (Fsp3) is 0.167. The Balaban J connectivity index is 2.59. The molecule has 0 saturated heterocycles. The number of fused-ring (bicyclic) bond motifs is 1. The summed E-state index contributed by atoms with van der Waals surface area (Å²) in [6.07, 6.45) is 11.7. The molecule has 0 N–H and O–H groups in total. The highest BCUT2D eigenvalue weighted by Crippen LogP contribution is 2.35. The molecule has 0 aliphatic heterocycles. The first kappa shape index (κ1) is 8.52. The van der Waals surface area contributed by atoms with Gasteiger partial charge in [0.15, 0.2) is 0 Å². The maximum atomic E-state index is 3.84. The van der Waals surface area contributed by atoms with Crippen molar-refractivity contribution in [3.05, 3.63) is 39.6 Å². The molecule has 0 aromatic carbocycles. The van der Waals surface area contributed by atoms with E-state index in [2.05, 4.69) is 37.8 Å². The van der Waals surface area contributed by atoms with Gasteiger partial charge in [-0.25, -0.2) is 0 Å². The van der Waals surface area contributed by atoms with Gasteiger partial charge in [-0.05, 0) is 30.5 Å². The van der Waals surface area contributed by atoms with E-state index < -0.39 is 0 Å². The third-order valence-corrected chi connectivity index (χ3v) is 3.43. The lowest BCUT2D eigenvalue weighted by molar-refractivity contribution is 1.32. The van der Waals surface area contributed by atoms with Crippen LogP contribution >= 0.6 is 11.3 Å². The van der Waals surface area contributed by atoms with Crippen molar-refractivity contribution in [1.82, 2.24) is 0 Å². The van der Waals surface area contributed by atoms with Crippen LogP contribution in [0.4, 0.5) is 0 Å². The molecule has 1 aliphatic rings. The van der Waals surface area contributed by atoms with Crippen LogP contribution in [0.5, 0.6) is 0 Å². The van der Waals surface area contributed by atoms with Crippen LogP contribution in [0.2, 0.25) is 0 Å². The van der Waals surface area contributed by atoms with Gasteiger partial charge >= 0.3 is 0 Å².